The molecule has 130 valence electrons. The Hall–Kier alpha value is -1.69. The minimum atomic E-state index is -1.68. The molecule has 0 aliphatic carbocycles. The van der Waals surface area contributed by atoms with Crippen LogP contribution < -0.4 is 11.5 Å². The van der Waals surface area contributed by atoms with E-state index < -0.39 is 43.0 Å². The van der Waals surface area contributed by atoms with Crippen LogP contribution in [-0.2, 0) is 14.4 Å². The third-order valence-electron chi connectivity index (χ3n) is 3.89. The molecule has 0 bridgehead atoms. The Balaban J connectivity index is 2.86. The number of carboxylic acids is 2. The molecule has 0 aromatic carbocycles. The van der Waals surface area contributed by atoms with Gasteiger partial charge in [0.2, 0.25) is 5.91 Å². The maximum Gasteiger partial charge on any atom is 0.451 e. The minimum absolute atomic E-state index is 0.0174. The van der Waals surface area contributed by atoms with Crippen molar-refractivity contribution in [3.8, 4) is 0 Å². The fraction of sp³-hybridized carbons (Fsp3) is 0.750. The summed E-state index contributed by atoms with van der Waals surface area (Å²) >= 11 is 0. The van der Waals surface area contributed by atoms with Crippen molar-refractivity contribution in [1.29, 1.82) is 0 Å². The summed E-state index contributed by atoms with van der Waals surface area (Å²) in [6.07, 6.45) is -0.210. The van der Waals surface area contributed by atoms with Crippen LogP contribution in [0, 0.1) is 5.92 Å². The van der Waals surface area contributed by atoms with E-state index in [0.717, 1.165) is 4.90 Å². The van der Waals surface area contributed by atoms with Crippen molar-refractivity contribution >= 4 is 25.0 Å². The summed E-state index contributed by atoms with van der Waals surface area (Å²) in [7, 11) is -1.53. The smallest absolute Gasteiger partial charge is 0.451 e. The van der Waals surface area contributed by atoms with Gasteiger partial charge in [0.1, 0.15) is 5.54 Å². The van der Waals surface area contributed by atoms with Crippen LogP contribution in [0.3, 0.4) is 0 Å². The lowest BCUT2D eigenvalue weighted by molar-refractivity contribution is -0.151. The number of hydrogen-bond donors (Lipinski definition) is 6. The molecule has 1 aliphatic heterocycles. The number of likely N-dealkylation sites (tertiary alicyclic amines) is 1. The van der Waals surface area contributed by atoms with E-state index in [4.69, 9.17) is 26.6 Å². The van der Waals surface area contributed by atoms with Crippen LogP contribution in [0.25, 0.3) is 0 Å². The SMILES string of the molecule is NC(CC(=O)O)C(=O)N1C[C@@H](CCB(O)O)C[C@](N)(C(=O)O)C1. The maximum absolute atomic E-state index is 12.2. The molecule has 0 saturated carbocycles. The summed E-state index contributed by atoms with van der Waals surface area (Å²) in [5, 5.41) is 35.8. The van der Waals surface area contributed by atoms with Crippen LogP contribution in [0.4, 0.5) is 0 Å². The maximum atomic E-state index is 12.2. The second kappa shape index (κ2) is 7.73. The zero-order valence-corrected chi connectivity index (χ0v) is 12.6. The van der Waals surface area contributed by atoms with Gasteiger partial charge in [0.15, 0.2) is 0 Å². The molecule has 0 aromatic rings. The monoisotopic (exact) mass is 331 g/mol. The molecule has 11 heteroatoms. The van der Waals surface area contributed by atoms with Gasteiger partial charge >= 0.3 is 19.1 Å². The second-order valence-corrected chi connectivity index (χ2v) is 6.01. The molecule has 10 nitrogen and oxygen atoms in total. The topological polar surface area (TPSA) is 187 Å². The Morgan fingerprint density at radius 2 is 1.91 bits per heavy atom. The molecule has 1 fully saturated rings. The summed E-state index contributed by atoms with van der Waals surface area (Å²) in [5.41, 5.74) is 9.72. The molecule has 0 radical (unpaired) electrons. The van der Waals surface area contributed by atoms with E-state index in [2.05, 4.69) is 0 Å². The Labute approximate surface area is 133 Å². The zero-order valence-electron chi connectivity index (χ0n) is 12.6. The first kappa shape index (κ1) is 19.4. The molecule has 1 saturated heterocycles. The Morgan fingerprint density at radius 1 is 1.30 bits per heavy atom. The molecule has 1 rings (SSSR count). The highest BCUT2D eigenvalue weighted by Crippen LogP contribution is 2.28. The van der Waals surface area contributed by atoms with E-state index in [-0.39, 0.29) is 38.2 Å². The Morgan fingerprint density at radius 3 is 2.39 bits per heavy atom. The normalized spacial score (nSPS) is 25.7. The molecule has 23 heavy (non-hydrogen) atoms. The predicted molar refractivity (Wildman–Crippen MR) is 79.1 cm³/mol. The van der Waals surface area contributed by atoms with Gasteiger partial charge < -0.3 is 36.6 Å². The van der Waals surface area contributed by atoms with E-state index in [1.165, 1.54) is 0 Å². The van der Waals surface area contributed by atoms with Gasteiger partial charge in [-0.25, -0.2) is 0 Å². The Kier molecular flexibility index (Phi) is 6.51. The van der Waals surface area contributed by atoms with Crippen molar-refractivity contribution < 1.29 is 34.6 Å². The number of piperidine rings is 1. The fourth-order valence-corrected chi connectivity index (χ4v) is 2.77. The third-order valence-corrected chi connectivity index (χ3v) is 3.89. The van der Waals surface area contributed by atoms with Crippen LogP contribution in [0.2, 0.25) is 6.32 Å². The largest absolute Gasteiger partial charge is 0.481 e. The summed E-state index contributed by atoms with van der Waals surface area (Å²) in [5.74, 6) is -3.55. The number of carbonyl (C=O) groups is 3. The van der Waals surface area contributed by atoms with Crippen LogP contribution in [0.5, 0.6) is 0 Å². The molecule has 8 N–H and O–H groups in total. The lowest BCUT2D eigenvalue weighted by Crippen LogP contribution is -2.64. The lowest BCUT2D eigenvalue weighted by Gasteiger charge is -2.42. The summed E-state index contributed by atoms with van der Waals surface area (Å²) in [6.45, 7) is -0.127. The quantitative estimate of drug-likeness (QED) is 0.269. The molecule has 1 aliphatic rings. The van der Waals surface area contributed by atoms with Gasteiger partial charge in [-0.2, -0.15) is 0 Å². The number of nitrogens with zero attached hydrogens (tertiary/aromatic N) is 1. The zero-order chi connectivity index (χ0) is 17.8. The molecule has 0 aromatic heterocycles. The van der Waals surface area contributed by atoms with Gasteiger partial charge in [-0.3, -0.25) is 14.4 Å². The first-order valence-electron chi connectivity index (χ1n) is 7.19. The summed E-state index contributed by atoms with van der Waals surface area (Å²) in [4.78, 5) is 35.4. The predicted octanol–water partition coefficient (Wildman–Crippen LogP) is -2.72. The van der Waals surface area contributed by atoms with Crippen molar-refractivity contribution in [1.82, 2.24) is 4.90 Å². The molecule has 3 atom stereocenters. The van der Waals surface area contributed by atoms with E-state index in [0.29, 0.717) is 0 Å². The first-order chi connectivity index (χ1) is 10.5. The molecular formula is C12H22BN3O7. The molecule has 1 unspecified atom stereocenters. The number of carbonyl (C=O) groups excluding carboxylic acids is 1. The average molecular weight is 331 g/mol. The summed E-state index contributed by atoms with van der Waals surface area (Å²) in [6, 6.07) is -1.28. The van der Waals surface area contributed by atoms with Crippen LogP contribution in [-0.4, -0.2) is 74.8 Å². The first-order valence-corrected chi connectivity index (χ1v) is 7.19. The van der Waals surface area contributed by atoms with E-state index in [1.54, 1.807) is 0 Å². The number of hydrogen-bond acceptors (Lipinski definition) is 7. The van der Waals surface area contributed by atoms with E-state index >= 15 is 0 Å². The van der Waals surface area contributed by atoms with Crippen LogP contribution in [0.1, 0.15) is 19.3 Å². The van der Waals surface area contributed by atoms with E-state index in [9.17, 15) is 19.5 Å². The molecular weight excluding hydrogens is 309 g/mol. The van der Waals surface area contributed by atoms with Gasteiger partial charge in [0, 0.05) is 13.1 Å². The van der Waals surface area contributed by atoms with Crippen LogP contribution >= 0.6 is 0 Å². The fourth-order valence-electron chi connectivity index (χ4n) is 2.77. The number of aliphatic carboxylic acids is 2. The highest BCUT2D eigenvalue weighted by Gasteiger charge is 2.44. The average Bonchev–Trinajstić information content (AvgIpc) is 2.42. The second-order valence-electron chi connectivity index (χ2n) is 6.01. The molecule has 1 amide bonds. The molecule has 1 heterocycles. The third kappa shape index (κ3) is 5.46. The number of carboxylic acid groups (broad SMARTS) is 2. The summed E-state index contributed by atoms with van der Waals surface area (Å²) < 4.78 is 0. The highest BCUT2D eigenvalue weighted by atomic mass is 16.4. The van der Waals surface area contributed by atoms with Gasteiger partial charge in [-0.15, -0.1) is 0 Å². The van der Waals surface area contributed by atoms with E-state index in [1.807, 2.05) is 0 Å². The highest BCUT2D eigenvalue weighted by molar-refractivity contribution is 6.40. The standard InChI is InChI=1S/C12H22BN3O7/c14-8(3-9(17)18)10(19)16-5-7(1-2-13(22)23)4-12(15,6-16)11(20)21/h7-8,22-23H,1-6,14-15H2,(H,17,18)(H,20,21)/t7-,8?,12+/m0/s1. The van der Waals surface area contributed by atoms with Gasteiger partial charge in [-0.05, 0) is 18.7 Å². The van der Waals surface area contributed by atoms with Crippen molar-refractivity contribution in [3.63, 3.8) is 0 Å². The van der Waals surface area contributed by atoms with Crippen molar-refractivity contribution in [2.45, 2.75) is 37.2 Å². The number of nitrogens with two attached hydrogens (primary N) is 2. The van der Waals surface area contributed by atoms with Crippen molar-refractivity contribution in [2.75, 3.05) is 13.1 Å². The van der Waals surface area contributed by atoms with Gasteiger partial charge in [0.05, 0.1) is 12.5 Å². The minimum Gasteiger partial charge on any atom is -0.481 e. The van der Waals surface area contributed by atoms with Crippen LogP contribution in [0.15, 0.2) is 0 Å². The molecule has 0 spiro atoms. The van der Waals surface area contributed by atoms with Gasteiger partial charge in [-0.1, -0.05) is 6.42 Å². The lowest BCUT2D eigenvalue weighted by atomic mass is 9.75. The van der Waals surface area contributed by atoms with Crippen molar-refractivity contribution in [3.05, 3.63) is 0 Å². The Bertz CT molecular complexity index is 476. The van der Waals surface area contributed by atoms with Crippen molar-refractivity contribution in [2.24, 2.45) is 17.4 Å². The van der Waals surface area contributed by atoms with Gasteiger partial charge in [0.25, 0.3) is 0 Å². The number of rotatable bonds is 7. The number of amides is 1.